The summed E-state index contributed by atoms with van der Waals surface area (Å²) in [7, 11) is 3.11. The number of carbonyl (C=O) groups is 1. The molecular formula is C17H16N4O3. The van der Waals surface area contributed by atoms with E-state index in [1.54, 1.807) is 67.7 Å². The van der Waals surface area contributed by atoms with Gasteiger partial charge in [-0.25, -0.2) is 9.67 Å². The first-order valence-corrected chi connectivity index (χ1v) is 7.19. The summed E-state index contributed by atoms with van der Waals surface area (Å²) in [6.07, 6.45) is 3.05. The minimum Gasteiger partial charge on any atom is -0.497 e. The van der Waals surface area contributed by atoms with Crippen molar-refractivity contribution in [1.29, 1.82) is 0 Å². The third kappa shape index (κ3) is 3.19. The van der Waals surface area contributed by atoms with Crippen LogP contribution in [0.2, 0.25) is 0 Å². The molecule has 0 radical (unpaired) electrons. The monoisotopic (exact) mass is 324 g/mol. The summed E-state index contributed by atoms with van der Waals surface area (Å²) < 4.78 is 12.1. The van der Waals surface area contributed by atoms with Crippen molar-refractivity contribution in [3.63, 3.8) is 0 Å². The molecule has 0 aliphatic carbocycles. The smallest absolute Gasteiger partial charge is 0.255 e. The molecule has 24 heavy (non-hydrogen) atoms. The molecule has 7 nitrogen and oxygen atoms in total. The molecule has 0 unspecified atom stereocenters. The van der Waals surface area contributed by atoms with Gasteiger partial charge in [-0.1, -0.05) is 0 Å². The molecular weight excluding hydrogens is 308 g/mol. The molecule has 1 N–H and O–H groups in total. The number of rotatable bonds is 5. The summed E-state index contributed by atoms with van der Waals surface area (Å²) in [5.74, 6) is 0.947. The van der Waals surface area contributed by atoms with Gasteiger partial charge in [-0.05, 0) is 36.4 Å². The largest absolute Gasteiger partial charge is 0.497 e. The number of methoxy groups -OCH3 is 2. The lowest BCUT2D eigenvalue weighted by atomic mass is 10.2. The van der Waals surface area contributed by atoms with E-state index in [4.69, 9.17) is 9.47 Å². The summed E-state index contributed by atoms with van der Waals surface area (Å²) >= 11 is 0. The van der Waals surface area contributed by atoms with Crippen LogP contribution in [0.3, 0.4) is 0 Å². The zero-order chi connectivity index (χ0) is 16.9. The Morgan fingerprint density at radius 2 is 1.88 bits per heavy atom. The number of amides is 1. The van der Waals surface area contributed by atoms with Gasteiger partial charge in [-0.15, -0.1) is 0 Å². The van der Waals surface area contributed by atoms with Gasteiger partial charge in [0.05, 0.1) is 25.6 Å². The van der Waals surface area contributed by atoms with Crippen LogP contribution in [0.5, 0.6) is 11.5 Å². The molecule has 0 saturated carbocycles. The average Bonchev–Trinajstić information content (AvgIpc) is 3.16. The highest BCUT2D eigenvalue weighted by atomic mass is 16.5. The average molecular weight is 324 g/mol. The van der Waals surface area contributed by atoms with Crippen molar-refractivity contribution >= 4 is 11.6 Å². The van der Waals surface area contributed by atoms with Crippen molar-refractivity contribution in [2.75, 3.05) is 19.5 Å². The van der Waals surface area contributed by atoms with E-state index in [1.807, 2.05) is 0 Å². The van der Waals surface area contributed by atoms with E-state index < -0.39 is 0 Å². The van der Waals surface area contributed by atoms with Crippen LogP contribution in [-0.4, -0.2) is 34.9 Å². The number of nitrogens with one attached hydrogen (secondary N) is 1. The molecule has 122 valence electrons. The minimum atomic E-state index is -0.244. The fraction of sp³-hybridized carbons (Fsp3) is 0.118. The van der Waals surface area contributed by atoms with Crippen LogP contribution < -0.4 is 14.8 Å². The first kappa shape index (κ1) is 15.5. The molecule has 0 aliphatic rings. The summed E-state index contributed by atoms with van der Waals surface area (Å²) in [4.78, 5) is 16.3. The number of carbonyl (C=O) groups excluding carboxylic acids is 1. The molecule has 0 bridgehead atoms. The summed E-state index contributed by atoms with van der Waals surface area (Å²) in [5.41, 5.74) is 1.88. The summed E-state index contributed by atoms with van der Waals surface area (Å²) in [6, 6.07) is 12.3. The highest BCUT2D eigenvalue weighted by Gasteiger charge is 2.11. The van der Waals surface area contributed by atoms with Crippen molar-refractivity contribution in [3.05, 3.63) is 60.7 Å². The van der Waals surface area contributed by atoms with Gasteiger partial charge in [0.2, 0.25) is 0 Å². The molecule has 0 spiro atoms. The Kier molecular flexibility index (Phi) is 4.42. The Hall–Kier alpha value is -3.35. The molecule has 1 aromatic heterocycles. The predicted molar refractivity (Wildman–Crippen MR) is 88.9 cm³/mol. The van der Waals surface area contributed by atoms with Gasteiger partial charge in [0.25, 0.3) is 5.91 Å². The molecule has 3 aromatic rings. The van der Waals surface area contributed by atoms with E-state index in [9.17, 15) is 4.79 Å². The maximum Gasteiger partial charge on any atom is 0.255 e. The lowest BCUT2D eigenvalue weighted by Gasteiger charge is -2.12. The Balaban J connectivity index is 1.80. The molecule has 0 fully saturated rings. The number of aromatic nitrogens is 3. The van der Waals surface area contributed by atoms with Crippen molar-refractivity contribution in [3.8, 4) is 17.2 Å². The van der Waals surface area contributed by atoms with E-state index >= 15 is 0 Å². The summed E-state index contributed by atoms with van der Waals surface area (Å²) in [6.45, 7) is 0. The minimum absolute atomic E-state index is 0.244. The van der Waals surface area contributed by atoms with Gasteiger partial charge in [-0.3, -0.25) is 4.79 Å². The van der Waals surface area contributed by atoms with Crippen molar-refractivity contribution in [2.45, 2.75) is 0 Å². The maximum atomic E-state index is 12.4. The third-order valence-corrected chi connectivity index (χ3v) is 3.47. The SMILES string of the molecule is COc1ccc(OC)c(NC(=O)c2ccc(-n3cncn3)cc2)c1. The molecule has 0 atom stereocenters. The highest BCUT2D eigenvalue weighted by Crippen LogP contribution is 2.29. The molecule has 3 rings (SSSR count). The maximum absolute atomic E-state index is 12.4. The van der Waals surface area contributed by atoms with E-state index in [-0.39, 0.29) is 5.91 Å². The van der Waals surface area contributed by atoms with Crippen LogP contribution in [0.4, 0.5) is 5.69 Å². The van der Waals surface area contributed by atoms with Gasteiger partial charge < -0.3 is 14.8 Å². The second-order valence-corrected chi connectivity index (χ2v) is 4.91. The fourth-order valence-corrected chi connectivity index (χ4v) is 2.21. The van der Waals surface area contributed by atoms with E-state index in [0.717, 1.165) is 5.69 Å². The first-order chi connectivity index (χ1) is 11.7. The number of anilines is 1. The van der Waals surface area contributed by atoms with Gasteiger partial charge in [-0.2, -0.15) is 5.10 Å². The zero-order valence-electron chi connectivity index (χ0n) is 13.3. The lowest BCUT2D eigenvalue weighted by Crippen LogP contribution is -2.13. The summed E-state index contributed by atoms with van der Waals surface area (Å²) in [5, 5.41) is 6.87. The molecule has 2 aromatic carbocycles. The second kappa shape index (κ2) is 6.82. The standard InChI is InChI=1S/C17H16N4O3/c1-23-14-7-8-16(24-2)15(9-14)20-17(22)12-3-5-13(6-4-12)21-11-18-10-19-21/h3-11H,1-2H3,(H,20,22). The van der Waals surface area contributed by atoms with E-state index in [0.29, 0.717) is 22.7 Å². The molecule has 1 amide bonds. The van der Waals surface area contributed by atoms with Crippen LogP contribution in [0, 0.1) is 0 Å². The molecule has 7 heteroatoms. The number of nitrogens with zero attached hydrogens (tertiary/aromatic N) is 3. The van der Waals surface area contributed by atoms with Crippen LogP contribution in [-0.2, 0) is 0 Å². The predicted octanol–water partition coefficient (Wildman–Crippen LogP) is 2.54. The van der Waals surface area contributed by atoms with Gasteiger partial charge in [0, 0.05) is 11.6 Å². The van der Waals surface area contributed by atoms with Crippen molar-refractivity contribution in [2.24, 2.45) is 0 Å². The zero-order valence-corrected chi connectivity index (χ0v) is 13.3. The second-order valence-electron chi connectivity index (χ2n) is 4.91. The van der Waals surface area contributed by atoms with Gasteiger partial charge in [0.15, 0.2) is 0 Å². The van der Waals surface area contributed by atoms with Gasteiger partial charge in [0.1, 0.15) is 24.2 Å². The Morgan fingerprint density at radius 1 is 1.08 bits per heavy atom. The van der Waals surface area contributed by atoms with Gasteiger partial charge >= 0.3 is 0 Å². The Morgan fingerprint density at radius 3 is 2.50 bits per heavy atom. The first-order valence-electron chi connectivity index (χ1n) is 7.19. The number of benzene rings is 2. The van der Waals surface area contributed by atoms with Crippen molar-refractivity contribution in [1.82, 2.24) is 14.8 Å². The van der Waals surface area contributed by atoms with E-state index in [2.05, 4.69) is 15.4 Å². The Bertz CT molecular complexity index is 830. The fourth-order valence-electron chi connectivity index (χ4n) is 2.21. The lowest BCUT2D eigenvalue weighted by molar-refractivity contribution is 0.102. The number of hydrogen-bond acceptors (Lipinski definition) is 5. The number of ether oxygens (including phenoxy) is 2. The number of hydrogen-bond donors (Lipinski definition) is 1. The van der Waals surface area contributed by atoms with Crippen LogP contribution in [0.25, 0.3) is 5.69 Å². The van der Waals surface area contributed by atoms with Crippen molar-refractivity contribution < 1.29 is 14.3 Å². The quantitative estimate of drug-likeness (QED) is 0.780. The molecule has 1 heterocycles. The van der Waals surface area contributed by atoms with Crippen LogP contribution in [0.1, 0.15) is 10.4 Å². The van der Waals surface area contributed by atoms with Crippen LogP contribution in [0.15, 0.2) is 55.1 Å². The topological polar surface area (TPSA) is 78.3 Å². The highest BCUT2D eigenvalue weighted by molar-refractivity contribution is 6.05. The Labute approximate surface area is 138 Å². The van der Waals surface area contributed by atoms with E-state index in [1.165, 1.54) is 6.33 Å². The van der Waals surface area contributed by atoms with Crippen LogP contribution >= 0.6 is 0 Å². The molecule has 0 saturated heterocycles. The third-order valence-electron chi connectivity index (χ3n) is 3.47. The normalized spacial score (nSPS) is 10.2. The molecule has 0 aliphatic heterocycles.